The number of hydrogen-bond donors (Lipinski definition) is 1. The third-order valence-corrected chi connectivity index (χ3v) is 6.49. The van der Waals surface area contributed by atoms with Gasteiger partial charge in [0.15, 0.2) is 0 Å². The van der Waals surface area contributed by atoms with Crippen LogP contribution in [0.25, 0.3) is 0 Å². The predicted octanol–water partition coefficient (Wildman–Crippen LogP) is 1.40. The summed E-state index contributed by atoms with van der Waals surface area (Å²) >= 11 is 0. The van der Waals surface area contributed by atoms with Crippen LogP contribution in [0.4, 0.5) is 0 Å². The van der Waals surface area contributed by atoms with Crippen LogP contribution in [0, 0.1) is 17.8 Å². The van der Waals surface area contributed by atoms with Gasteiger partial charge in [-0.3, -0.25) is 4.79 Å². The van der Waals surface area contributed by atoms with Crippen LogP contribution < -0.4 is 0 Å². The summed E-state index contributed by atoms with van der Waals surface area (Å²) in [5.41, 5.74) is 0. The third kappa shape index (κ3) is 4.17. The van der Waals surface area contributed by atoms with Crippen molar-refractivity contribution in [3.8, 4) is 0 Å². The predicted molar refractivity (Wildman–Crippen MR) is 80.0 cm³/mol. The molecule has 0 radical (unpaired) electrons. The molecule has 0 aromatic rings. The summed E-state index contributed by atoms with van der Waals surface area (Å²) < 4.78 is 28.5. The molecule has 0 bridgehead atoms. The van der Waals surface area contributed by atoms with Crippen LogP contribution in [0.3, 0.4) is 0 Å². The van der Waals surface area contributed by atoms with Gasteiger partial charge in [0.25, 0.3) is 10.2 Å². The number of carbonyl (C=O) groups is 1. The molecule has 2 heterocycles. The fourth-order valence-corrected chi connectivity index (χ4v) is 5.43. The van der Waals surface area contributed by atoms with E-state index in [4.69, 9.17) is 5.11 Å². The Bertz CT molecular complexity index is 461. The molecule has 0 spiro atoms. The molecule has 0 amide bonds. The zero-order valence-corrected chi connectivity index (χ0v) is 13.7. The molecule has 0 aromatic heterocycles. The standard InChI is InChI=1S/C14H26N2O4S/c1-11-7-12(2)10-16(9-11)21(19,20)15-5-3-13(4-6-15)8-14(17)18/h11-13H,3-10H2,1-2H3,(H,17,18). The lowest BCUT2D eigenvalue weighted by Gasteiger charge is -2.39. The van der Waals surface area contributed by atoms with Crippen molar-refractivity contribution in [3.05, 3.63) is 0 Å². The summed E-state index contributed by atoms with van der Waals surface area (Å²) in [7, 11) is -3.38. The molecule has 2 atom stereocenters. The first-order valence-corrected chi connectivity index (χ1v) is 9.15. The van der Waals surface area contributed by atoms with Gasteiger partial charge in [0.1, 0.15) is 0 Å². The van der Waals surface area contributed by atoms with Gasteiger partial charge in [-0.05, 0) is 37.0 Å². The second-order valence-corrected chi connectivity index (χ2v) is 8.64. The minimum Gasteiger partial charge on any atom is -0.481 e. The van der Waals surface area contributed by atoms with Gasteiger partial charge in [-0.25, -0.2) is 0 Å². The van der Waals surface area contributed by atoms with Crippen LogP contribution in [-0.2, 0) is 15.0 Å². The lowest BCUT2D eigenvalue weighted by Crippen LogP contribution is -2.51. The van der Waals surface area contributed by atoms with E-state index in [0.29, 0.717) is 50.9 Å². The number of aliphatic carboxylic acids is 1. The van der Waals surface area contributed by atoms with Gasteiger partial charge in [0.05, 0.1) is 0 Å². The van der Waals surface area contributed by atoms with Crippen LogP contribution in [0.2, 0.25) is 0 Å². The fraction of sp³-hybridized carbons (Fsp3) is 0.929. The molecule has 21 heavy (non-hydrogen) atoms. The zero-order chi connectivity index (χ0) is 15.6. The number of nitrogens with zero attached hydrogens (tertiary/aromatic N) is 2. The van der Waals surface area contributed by atoms with Crippen molar-refractivity contribution in [3.63, 3.8) is 0 Å². The molecule has 2 rings (SSSR count). The Morgan fingerprint density at radius 2 is 1.62 bits per heavy atom. The molecule has 2 aliphatic heterocycles. The van der Waals surface area contributed by atoms with Crippen LogP contribution >= 0.6 is 0 Å². The number of carboxylic acid groups (broad SMARTS) is 1. The summed E-state index contributed by atoms with van der Waals surface area (Å²) in [6.45, 7) is 6.27. The van der Waals surface area contributed by atoms with Gasteiger partial charge in [-0.2, -0.15) is 17.0 Å². The van der Waals surface area contributed by atoms with Gasteiger partial charge < -0.3 is 5.11 Å². The Hall–Kier alpha value is -0.660. The third-order valence-electron chi connectivity index (χ3n) is 4.52. The maximum absolute atomic E-state index is 12.7. The highest BCUT2D eigenvalue weighted by Gasteiger charge is 2.36. The normalized spacial score (nSPS) is 30.4. The van der Waals surface area contributed by atoms with E-state index in [9.17, 15) is 13.2 Å². The molecule has 0 aliphatic carbocycles. The van der Waals surface area contributed by atoms with E-state index in [1.165, 1.54) is 4.31 Å². The Labute approximate surface area is 127 Å². The molecule has 2 saturated heterocycles. The van der Waals surface area contributed by atoms with Crippen LogP contribution in [-0.4, -0.2) is 54.3 Å². The lowest BCUT2D eigenvalue weighted by molar-refractivity contribution is -0.138. The molecule has 2 fully saturated rings. The molecule has 2 unspecified atom stereocenters. The van der Waals surface area contributed by atoms with E-state index in [2.05, 4.69) is 13.8 Å². The molecule has 7 heteroatoms. The Kier molecular flexibility index (Phi) is 5.27. The van der Waals surface area contributed by atoms with E-state index in [1.807, 2.05) is 0 Å². The summed E-state index contributed by atoms with van der Waals surface area (Å²) in [6, 6.07) is 0. The highest BCUT2D eigenvalue weighted by Crippen LogP contribution is 2.28. The van der Waals surface area contributed by atoms with E-state index in [0.717, 1.165) is 6.42 Å². The Morgan fingerprint density at radius 3 is 2.10 bits per heavy atom. The molecular weight excluding hydrogens is 292 g/mol. The number of piperidine rings is 2. The van der Waals surface area contributed by atoms with Crippen LogP contribution in [0.1, 0.15) is 39.5 Å². The minimum atomic E-state index is -3.38. The molecule has 0 saturated carbocycles. The van der Waals surface area contributed by atoms with Gasteiger partial charge in [-0.15, -0.1) is 0 Å². The fourth-order valence-electron chi connectivity index (χ4n) is 3.55. The van der Waals surface area contributed by atoms with E-state index >= 15 is 0 Å². The van der Waals surface area contributed by atoms with Crippen molar-refractivity contribution < 1.29 is 18.3 Å². The smallest absolute Gasteiger partial charge is 0.303 e. The first-order chi connectivity index (χ1) is 9.79. The summed E-state index contributed by atoms with van der Waals surface area (Å²) in [5, 5.41) is 8.81. The second kappa shape index (κ2) is 6.62. The zero-order valence-electron chi connectivity index (χ0n) is 12.9. The average Bonchev–Trinajstić information content (AvgIpc) is 2.37. The van der Waals surface area contributed by atoms with Gasteiger partial charge in [-0.1, -0.05) is 13.8 Å². The minimum absolute atomic E-state index is 0.105. The number of carboxylic acids is 1. The number of rotatable bonds is 4. The topological polar surface area (TPSA) is 77.9 Å². The summed E-state index contributed by atoms with van der Waals surface area (Å²) in [6.07, 6.45) is 2.51. The van der Waals surface area contributed by atoms with E-state index in [1.54, 1.807) is 4.31 Å². The van der Waals surface area contributed by atoms with Crippen molar-refractivity contribution in [1.29, 1.82) is 0 Å². The van der Waals surface area contributed by atoms with E-state index in [-0.39, 0.29) is 12.3 Å². The monoisotopic (exact) mass is 318 g/mol. The molecule has 1 N–H and O–H groups in total. The largest absolute Gasteiger partial charge is 0.481 e. The highest BCUT2D eigenvalue weighted by molar-refractivity contribution is 7.86. The maximum atomic E-state index is 12.7. The number of hydrogen-bond acceptors (Lipinski definition) is 3. The molecular formula is C14H26N2O4S. The quantitative estimate of drug-likeness (QED) is 0.850. The van der Waals surface area contributed by atoms with E-state index < -0.39 is 16.2 Å². The van der Waals surface area contributed by atoms with Crippen LogP contribution in [0.15, 0.2) is 0 Å². The van der Waals surface area contributed by atoms with Crippen molar-refractivity contribution >= 4 is 16.2 Å². The Morgan fingerprint density at radius 1 is 1.10 bits per heavy atom. The first-order valence-electron chi connectivity index (χ1n) is 7.76. The molecule has 2 aliphatic rings. The van der Waals surface area contributed by atoms with Gasteiger partial charge in [0.2, 0.25) is 0 Å². The average molecular weight is 318 g/mol. The summed E-state index contributed by atoms with van der Waals surface area (Å²) in [4.78, 5) is 10.7. The van der Waals surface area contributed by atoms with Crippen LogP contribution in [0.5, 0.6) is 0 Å². The maximum Gasteiger partial charge on any atom is 0.303 e. The van der Waals surface area contributed by atoms with Crippen molar-refractivity contribution in [1.82, 2.24) is 8.61 Å². The van der Waals surface area contributed by atoms with Crippen molar-refractivity contribution in [2.24, 2.45) is 17.8 Å². The molecule has 6 nitrogen and oxygen atoms in total. The SMILES string of the molecule is CC1CC(C)CN(S(=O)(=O)N2CCC(CC(=O)O)CC2)C1. The first kappa shape index (κ1) is 16.7. The highest BCUT2D eigenvalue weighted by atomic mass is 32.2. The lowest BCUT2D eigenvalue weighted by atomic mass is 9.94. The second-order valence-electron chi connectivity index (χ2n) is 6.71. The Balaban J connectivity index is 1.96. The van der Waals surface area contributed by atoms with Crippen molar-refractivity contribution in [2.45, 2.75) is 39.5 Å². The molecule has 122 valence electrons. The summed E-state index contributed by atoms with van der Waals surface area (Å²) in [5.74, 6) is 0.101. The van der Waals surface area contributed by atoms with Gasteiger partial charge in [0, 0.05) is 32.6 Å². The molecule has 0 aromatic carbocycles. The van der Waals surface area contributed by atoms with Gasteiger partial charge >= 0.3 is 5.97 Å². The van der Waals surface area contributed by atoms with Crippen molar-refractivity contribution in [2.75, 3.05) is 26.2 Å².